The summed E-state index contributed by atoms with van der Waals surface area (Å²) >= 11 is 1.48. The van der Waals surface area contributed by atoms with E-state index in [9.17, 15) is 0 Å². The fourth-order valence-corrected chi connectivity index (χ4v) is 3.96. The Bertz CT molecular complexity index is 930. The second-order valence-electron chi connectivity index (χ2n) is 7.04. The highest BCUT2D eigenvalue weighted by atomic mass is 32.2. The SMILES string of the molecule is CSc1nc2nnc(-c3ccnc(N4CC(C)CC(C)C4)n3)c(C)n2n1. The minimum Gasteiger partial charge on any atom is -0.340 e. The summed E-state index contributed by atoms with van der Waals surface area (Å²) in [6.45, 7) is 8.49. The molecule has 1 aliphatic heterocycles. The normalized spacial score (nSPS) is 20.7. The summed E-state index contributed by atoms with van der Waals surface area (Å²) in [6.07, 6.45) is 4.98. The maximum atomic E-state index is 4.78. The van der Waals surface area contributed by atoms with E-state index in [0.29, 0.717) is 28.5 Å². The zero-order valence-electron chi connectivity index (χ0n) is 15.4. The average molecular weight is 370 g/mol. The van der Waals surface area contributed by atoms with E-state index in [1.54, 1.807) is 10.7 Å². The highest BCUT2D eigenvalue weighted by Crippen LogP contribution is 2.26. The number of hydrogen-bond donors (Lipinski definition) is 0. The third kappa shape index (κ3) is 3.11. The molecular formula is C17H22N8S. The van der Waals surface area contributed by atoms with Crippen LogP contribution in [0.1, 0.15) is 26.0 Å². The van der Waals surface area contributed by atoms with Crippen molar-refractivity contribution in [1.82, 2.24) is 34.8 Å². The summed E-state index contributed by atoms with van der Waals surface area (Å²) in [5.41, 5.74) is 2.33. The highest BCUT2D eigenvalue weighted by molar-refractivity contribution is 7.98. The minimum absolute atomic E-state index is 0.503. The quantitative estimate of drug-likeness (QED) is 0.650. The van der Waals surface area contributed by atoms with Gasteiger partial charge in [0.05, 0.1) is 11.4 Å². The Labute approximate surface area is 156 Å². The van der Waals surface area contributed by atoms with Crippen LogP contribution in [0.2, 0.25) is 0 Å². The zero-order valence-corrected chi connectivity index (χ0v) is 16.2. The van der Waals surface area contributed by atoms with Gasteiger partial charge in [0.1, 0.15) is 5.69 Å². The largest absolute Gasteiger partial charge is 0.340 e. The predicted molar refractivity (Wildman–Crippen MR) is 101 cm³/mol. The number of anilines is 1. The van der Waals surface area contributed by atoms with Crippen LogP contribution >= 0.6 is 11.8 Å². The first-order valence-electron chi connectivity index (χ1n) is 8.77. The fourth-order valence-electron chi connectivity index (χ4n) is 3.62. The van der Waals surface area contributed by atoms with Crippen molar-refractivity contribution in [2.75, 3.05) is 24.2 Å². The maximum Gasteiger partial charge on any atom is 0.272 e. The molecule has 0 amide bonds. The number of rotatable bonds is 3. The van der Waals surface area contributed by atoms with Crippen LogP contribution in [-0.2, 0) is 0 Å². The maximum absolute atomic E-state index is 4.78. The molecule has 0 saturated carbocycles. The molecule has 4 rings (SSSR count). The average Bonchev–Trinajstić information content (AvgIpc) is 3.06. The summed E-state index contributed by atoms with van der Waals surface area (Å²) < 4.78 is 1.72. The third-order valence-electron chi connectivity index (χ3n) is 4.69. The number of piperidine rings is 1. The van der Waals surface area contributed by atoms with E-state index < -0.39 is 0 Å². The lowest BCUT2D eigenvalue weighted by atomic mass is 9.92. The molecule has 2 atom stereocenters. The smallest absolute Gasteiger partial charge is 0.272 e. The lowest BCUT2D eigenvalue weighted by Crippen LogP contribution is -2.39. The van der Waals surface area contributed by atoms with Crippen molar-refractivity contribution in [3.8, 4) is 11.4 Å². The first kappa shape index (κ1) is 17.1. The first-order chi connectivity index (χ1) is 12.5. The number of thioether (sulfide) groups is 1. The van der Waals surface area contributed by atoms with Gasteiger partial charge in [0.25, 0.3) is 5.78 Å². The van der Waals surface area contributed by atoms with Crippen molar-refractivity contribution in [3.05, 3.63) is 18.0 Å². The Kier molecular flexibility index (Phi) is 4.47. The van der Waals surface area contributed by atoms with Gasteiger partial charge in [0.2, 0.25) is 11.1 Å². The molecule has 1 aliphatic rings. The lowest BCUT2D eigenvalue weighted by Gasteiger charge is -2.35. The Morgan fingerprint density at radius 3 is 2.62 bits per heavy atom. The van der Waals surface area contributed by atoms with E-state index in [1.807, 2.05) is 19.2 Å². The molecule has 0 aliphatic carbocycles. The molecule has 136 valence electrons. The van der Waals surface area contributed by atoms with Crippen LogP contribution in [0.25, 0.3) is 17.2 Å². The van der Waals surface area contributed by atoms with Crippen LogP contribution in [0.4, 0.5) is 5.95 Å². The van der Waals surface area contributed by atoms with E-state index in [4.69, 9.17) is 4.98 Å². The van der Waals surface area contributed by atoms with Crippen molar-refractivity contribution in [2.24, 2.45) is 11.8 Å². The molecule has 8 nitrogen and oxygen atoms in total. The Hall–Kier alpha value is -2.29. The summed E-state index contributed by atoms with van der Waals surface area (Å²) in [4.78, 5) is 15.9. The molecule has 9 heteroatoms. The van der Waals surface area contributed by atoms with Gasteiger partial charge in [0.15, 0.2) is 0 Å². The van der Waals surface area contributed by atoms with E-state index in [-0.39, 0.29) is 0 Å². The molecule has 3 aromatic heterocycles. The van der Waals surface area contributed by atoms with Crippen LogP contribution in [0.15, 0.2) is 17.4 Å². The van der Waals surface area contributed by atoms with Gasteiger partial charge in [-0.15, -0.1) is 15.3 Å². The second kappa shape index (κ2) is 6.79. The van der Waals surface area contributed by atoms with Crippen molar-refractivity contribution < 1.29 is 0 Å². The summed E-state index contributed by atoms with van der Waals surface area (Å²) in [5.74, 6) is 2.54. The number of aromatic nitrogens is 7. The summed E-state index contributed by atoms with van der Waals surface area (Å²) in [6, 6.07) is 1.87. The standard InChI is InChI=1S/C17H22N8S/c1-10-7-11(2)9-24(8-10)15-18-6-5-13(19-15)14-12(3)25-16(22-21-14)20-17(23-25)26-4/h5-6,10-11H,7-9H2,1-4H3. The van der Waals surface area contributed by atoms with Crippen LogP contribution in [-0.4, -0.2) is 54.1 Å². The molecule has 26 heavy (non-hydrogen) atoms. The zero-order chi connectivity index (χ0) is 18.3. The van der Waals surface area contributed by atoms with E-state index in [1.165, 1.54) is 18.2 Å². The van der Waals surface area contributed by atoms with E-state index in [0.717, 1.165) is 30.4 Å². The van der Waals surface area contributed by atoms with Gasteiger partial charge in [-0.05, 0) is 37.5 Å². The first-order valence-corrected chi connectivity index (χ1v) is 10.00. The minimum atomic E-state index is 0.503. The molecule has 0 N–H and O–H groups in total. The fraction of sp³-hybridized carbons (Fsp3) is 0.529. The van der Waals surface area contributed by atoms with E-state index >= 15 is 0 Å². The van der Waals surface area contributed by atoms with Crippen molar-refractivity contribution in [3.63, 3.8) is 0 Å². The number of nitrogens with zero attached hydrogens (tertiary/aromatic N) is 8. The molecule has 3 aromatic rings. The molecule has 1 fully saturated rings. The number of fused-ring (bicyclic) bond motifs is 1. The van der Waals surface area contributed by atoms with Crippen LogP contribution in [0.5, 0.6) is 0 Å². The van der Waals surface area contributed by atoms with E-state index in [2.05, 4.69) is 44.0 Å². The molecular weight excluding hydrogens is 348 g/mol. The predicted octanol–water partition coefficient (Wildman–Crippen LogP) is 2.49. The van der Waals surface area contributed by atoms with Crippen LogP contribution in [0, 0.1) is 18.8 Å². The lowest BCUT2D eigenvalue weighted by molar-refractivity contribution is 0.353. The highest BCUT2D eigenvalue weighted by Gasteiger charge is 2.24. The molecule has 0 aromatic carbocycles. The van der Waals surface area contributed by atoms with Gasteiger partial charge in [-0.3, -0.25) is 0 Å². The van der Waals surface area contributed by atoms with Gasteiger partial charge >= 0.3 is 0 Å². The van der Waals surface area contributed by atoms with Crippen LogP contribution < -0.4 is 4.90 Å². The van der Waals surface area contributed by atoms with Gasteiger partial charge in [-0.25, -0.2) is 9.97 Å². The summed E-state index contributed by atoms with van der Waals surface area (Å²) in [7, 11) is 0. The molecule has 0 radical (unpaired) electrons. The number of aryl methyl sites for hydroxylation is 1. The van der Waals surface area contributed by atoms with Gasteiger partial charge in [0, 0.05) is 19.3 Å². The van der Waals surface area contributed by atoms with Gasteiger partial charge < -0.3 is 4.90 Å². The molecule has 0 spiro atoms. The Balaban J connectivity index is 1.72. The molecule has 1 saturated heterocycles. The Morgan fingerprint density at radius 1 is 1.12 bits per heavy atom. The topological polar surface area (TPSA) is 85.0 Å². The number of hydrogen-bond acceptors (Lipinski definition) is 8. The monoisotopic (exact) mass is 370 g/mol. The van der Waals surface area contributed by atoms with Gasteiger partial charge in [-0.2, -0.15) is 9.50 Å². The van der Waals surface area contributed by atoms with Crippen LogP contribution in [0.3, 0.4) is 0 Å². The molecule has 2 unspecified atom stereocenters. The molecule has 4 heterocycles. The van der Waals surface area contributed by atoms with Crippen molar-refractivity contribution >= 4 is 23.5 Å². The summed E-state index contributed by atoms with van der Waals surface area (Å²) in [5, 5.41) is 13.7. The third-order valence-corrected chi connectivity index (χ3v) is 5.23. The Morgan fingerprint density at radius 2 is 1.88 bits per heavy atom. The van der Waals surface area contributed by atoms with Crippen molar-refractivity contribution in [1.29, 1.82) is 0 Å². The van der Waals surface area contributed by atoms with Crippen molar-refractivity contribution in [2.45, 2.75) is 32.3 Å². The molecule has 0 bridgehead atoms. The van der Waals surface area contributed by atoms with Gasteiger partial charge in [-0.1, -0.05) is 25.6 Å². The second-order valence-corrected chi connectivity index (χ2v) is 7.81.